The highest BCUT2D eigenvalue weighted by Gasteiger charge is 2.16. The first-order valence-electron chi connectivity index (χ1n) is 11.3. The fourth-order valence-electron chi connectivity index (χ4n) is 4.47. The van der Waals surface area contributed by atoms with E-state index < -0.39 is 0 Å². The molecule has 0 N–H and O–H groups in total. The number of benzene rings is 3. The van der Waals surface area contributed by atoms with Crippen LogP contribution < -0.4 is 4.74 Å². The molecule has 3 aromatic carbocycles. The van der Waals surface area contributed by atoms with Crippen LogP contribution in [0.25, 0.3) is 22.3 Å². The molecule has 32 heavy (non-hydrogen) atoms. The summed E-state index contributed by atoms with van der Waals surface area (Å²) in [5.41, 5.74) is 8.19. The van der Waals surface area contributed by atoms with E-state index in [2.05, 4.69) is 63.4 Å². The molecule has 0 aromatic heterocycles. The molecule has 166 valence electrons. The Balaban J connectivity index is 1.45. The van der Waals surface area contributed by atoms with Gasteiger partial charge in [0.25, 0.3) is 0 Å². The van der Waals surface area contributed by atoms with E-state index in [4.69, 9.17) is 4.74 Å². The predicted molar refractivity (Wildman–Crippen MR) is 133 cm³/mol. The van der Waals surface area contributed by atoms with Crippen LogP contribution in [-0.4, -0.2) is 25.3 Å². The summed E-state index contributed by atoms with van der Waals surface area (Å²) in [7, 11) is 5.16. The molecule has 4 rings (SSSR count). The van der Waals surface area contributed by atoms with Crippen LogP contribution in [0.15, 0.2) is 66.7 Å². The SMILES string of the molecule is COC(=O)COc1ccc(-c2ccc(-c3ccc(C4CCC([PH-])CC4)cc3)cc2C)cc1. The topological polar surface area (TPSA) is 35.5 Å². The predicted octanol–water partition coefficient (Wildman–Crippen LogP) is 7.05. The number of hydrogen-bond acceptors (Lipinski definition) is 3. The number of carbonyl (C=O) groups is 1. The molecule has 0 atom stereocenters. The van der Waals surface area contributed by atoms with Gasteiger partial charge in [0.15, 0.2) is 6.61 Å². The lowest BCUT2D eigenvalue weighted by molar-refractivity contribution is -0.142. The van der Waals surface area contributed by atoms with Crippen LogP contribution in [0, 0.1) is 6.92 Å². The Morgan fingerprint density at radius 2 is 1.50 bits per heavy atom. The third-order valence-electron chi connectivity index (χ3n) is 6.42. The van der Waals surface area contributed by atoms with E-state index in [1.54, 1.807) is 0 Å². The Bertz CT molecular complexity index is 1050. The quantitative estimate of drug-likeness (QED) is 0.301. The van der Waals surface area contributed by atoms with Crippen molar-refractivity contribution >= 4 is 15.2 Å². The number of esters is 1. The lowest BCUT2D eigenvalue weighted by Gasteiger charge is -2.31. The zero-order chi connectivity index (χ0) is 22.5. The van der Waals surface area contributed by atoms with Gasteiger partial charge in [-0.1, -0.05) is 67.4 Å². The molecule has 0 spiro atoms. The van der Waals surface area contributed by atoms with E-state index in [1.165, 1.54) is 60.6 Å². The van der Waals surface area contributed by atoms with Crippen molar-refractivity contribution in [1.29, 1.82) is 0 Å². The lowest BCUT2D eigenvalue weighted by atomic mass is 9.83. The van der Waals surface area contributed by atoms with Gasteiger partial charge in [0.1, 0.15) is 5.75 Å². The van der Waals surface area contributed by atoms with E-state index in [-0.39, 0.29) is 12.6 Å². The Hall–Kier alpha value is -2.64. The maximum absolute atomic E-state index is 11.2. The molecule has 3 aromatic rings. The summed E-state index contributed by atoms with van der Waals surface area (Å²) in [4.78, 5) is 11.2. The maximum atomic E-state index is 11.2. The molecular weight excluding hydrogens is 415 g/mol. The first kappa shape index (κ1) is 22.6. The highest BCUT2D eigenvalue weighted by molar-refractivity contribution is 7.17. The Labute approximate surface area is 193 Å². The van der Waals surface area contributed by atoms with Crippen LogP contribution in [0.1, 0.15) is 42.7 Å². The number of methoxy groups -OCH3 is 1. The van der Waals surface area contributed by atoms with Crippen LogP contribution >= 0.6 is 9.24 Å². The van der Waals surface area contributed by atoms with E-state index in [0.29, 0.717) is 17.3 Å². The fourth-order valence-corrected chi connectivity index (χ4v) is 4.81. The van der Waals surface area contributed by atoms with Crippen molar-refractivity contribution in [2.75, 3.05) is 13.7 Å². The first-order valence-corrected chi connectivity index (χ1v) is 11.8. The monoisotopic (exact) mass is 445 g/mol. The van der Waals surface area contributed by atoms with Gasteiger partial charge < -0.3 is 18.7 Å². The van der Waals surface area contributed by atoms with Gasteiger partial charge in [0, 0.05) is 0 Å². The third-order valence-corrected chi connectivity index (χ3v) is 7.00. The zero-order valence-corrected chi connectivity index (χ0v) is 19.8. The van der Waals surface area contributed by atoms with Crippen molar-refractivity contribution in [3.63, 3.8) is 0 Å². The molecule has 1 saturated carbocycles. The maximum Gasteiger partial charge on any atom is 0.343 e. The summed E-state index contributed by atoms with van der Waals surface area (Å²) in [6, 6.07) is 23.6. The molecule has 0 saturated heterocycles. The number of aryl methyl sites for hydroxylation is 1. The average Bonchev–Trinajstić information content (AvgIpc) is 2.83. The number of carbonyl (C=O) groups excluding carboxylic acids is 1. The van der Waals surface area contributed by atoms with Gasteiger partial charge in [-0.05, 0) is 71.2 Å². The number of rotatable bonds is 6. The lowest BCUT2D eigenvalue weighted by Crippen LogP contribution is -2.12. The van der Waals surface area contributed by atoms with Crippen LogP contribution in [-0.2, 0) is 9.53 Å². The highest BCUT2D eigenvalue weighted by atomic mass is 31.0. The van der Waals surface area contributed by atoms with Gasteiger partial charge in [-0.15, -0.1) is 0 Å². The highest BCUT2D eigenvalue weighted by Crippen LogP contribution is 2.36. The second-order valence-electron chi connectivity index (χ2n) is 8.59. The van der Waals surface area contributed by atoms with Crippen molar-refractivity contribution in [2.45, 2.75) is 44.2 Å². The summed E-state index contributed by atoms with van der Waals surface area (Å²) in [6.45, 7) is 2.06. The van der Waals surface area contributed by atoms with Crippen LogP contribution in [0.2, 0.25) is 0 Å². The minimum Gasteiger partial charge on any atom is -0.555 e. The minimum absolute atomic E-state index is 0.0833. The molecule has 0 heterocycles. The van der Waals surface area contributed by atoms with Gasteiger partial charge in [0.05, 0.1) is 7.11 Å². The average molecular weight is 446 g/mol. The normalized spacial score (nSPS) is 18.2. The van der Waals surface area contributed by atoms with Crippen LogP contribution in [0.3, 0.4) is 0 Å². The van der Waals surface area contributed by atoms with Crippen LogP contribution in [0.5, 0.6) is 5.75 Å². The summed E-state index contributed by atoms with van der Waals surface area (Å²) < 4.78 is 10.0. The molecular formula is C28H30O3P-. The Morgan fingerprint density at radius 3 is 2.12 bits per heavy atom. The Morgan fingerprint density at radius 1 is 0.875 bits per heavy atom. The van der Waals surface area contributed by atoms with Crippen molar-refractivity contribution in [3.05, 3.63) is 77.9 Å². The first-order chi connectivity index (χ1) is 15.5. The minimum atomic E-state index is -0.389. The molecule has 0 bridgehead atoms. The molecule has 1 aliphatic rings. The van der Waals surface area contributed by atoms with Gasteiger partial charge in [-0.3, -0.25) is 0 Å². The fraction of sp³-hybridized carbons (Fsp3) is 0.321. The zero-order valence-electron chi connectivity index (χ0n) is 18.8. The standard InChI is InChI=1S/C28H30O3P/c1-19-17-24(22-5-3-20(4-6-22)21-9-14-26(32)15-10-21)11-16-27(19)23-7-12-25(13-8-23)31-18-28(29)30-2/h3-8,11-13,16-17,21,26,32H,9-10,14-15,18H2,1-2H3/q-1. The number of ether oxygens (including phenoxy) is 2. The van der Waals surface area contributed by atoms with E-state index in [0.717, 1.165) is 5.56 Å². The van der Waals surface area contributed by atoms with Gasteiger partial charge in [0.2, 0.25) is 0 Å². The smallest absolute Gasteiger partial charge is 0.343 e. The van der Waals surface area contributed by atoms with Crippen molar-refractivity contribution in [2.24, 2.45) is 0 Å². The van der Waals surface area contributed by atoms with Crippen molar-refractivity contribution in [1.82, 2.24) is 0 Å². The molecule has 3 nitrogen and oxygen atoms in total. The van der Waals surface area contributed by atoms with E-state index >= 15 is 0 Å². The molecule has 0 radical (unpaired) electrons. The molecule has 4 heteroatoms. The summed E-state index contributed by atoms with van der Waals surface area (Å²) in [5, 5.41) is 0. The van der Waals surface area contributed by atoms with E-state index in [1.807, 2.05) is 24.3 Å². The largest absolute Gasteiger partial charge is 0.555 e. The second kappa shape index (κ2) is 10.3. The molecule has 1 fully saturated rings. The van der Waals surface area contributed by atoms with Gasteiger partial charge in [-0.25, -0.2) is 4.79 Å². The molecule has 0 unspecified atom stereocenters. The van der Waals surface area contributed by atoms with Gasteiger partial charge in [-0.2, -0.15) is 5.66 Å². The molecule has 0 aliphatic heterocycles. The van der Waals surface area contributed by atoms with Crippen molar-refractivity contribution < 1.29 is 14.3 Å². The Kier molecular flexibility index (Phi) is 7.27. The van der Waals surface area contributed by atoms with Gasteiger partial charge >= 0.3 is 5.97 Å². The third kappa shape index (κ3) is 5.40. The summed E-state index contributed by atoms with van der Waals surface area (Å²) in [6.07, 6.45) is 5.08. The summed E-state index contributed by atoms with van der Waals surface area (Å²) >= 11 is 0. The summed E-state index contributed by atoms with van der Waals surface area (Å²) in [5.74, 6) is 0.957. The number of hydrogen-bond donors (Lipinski definition) is 0. The van der Waals surface area contributed by atoms with Crippen LogP contribution in [0.4, 0.5) is 0 Å². The second-order valence-corrected chi connectivity index (χ2v) is 9.41. The molecule has 0 amide bonds. The van der Waals surface area contributed by atoms with E-state index in [9.17, 15) is 4.79 Å². The molecule has 1 aliphatic carbocycles. The van der Waals surface area contributed by atoms with Crippen molar-refractivity contribution in [3.8, 4) is 28.0 Å².